The molecule has 0 aliphatic carbocycles. The Kier molecular flexibility index (Phi) is 4.20. The number of carbonyl (C=O) groups excluding carboxylic acids is 1. The molecule has 1 aliphatic heterocycles. The summed E-state index contributed by atoms with van der Waals surface area (Å²) in [6, 6.07) is 11.0. The predicted octanol–water partition coefficient (Wildman–Crippen LogP) is 3.29. The Labute approximate surface area is 138 Å². The van der Waals surface area contributed by atoms with Gasteiger partial charge in [-0.2, -0.15) is 0 Å². The molecule has 1 atom stereocenters. The van der Waals surface area contributed by atoms with Crippen molar-refractivity contribution in [2.45, 2.75) is 26.0 Å². The number of carbonyl (C=O) groups is 2. The fourth-order valence-corrected chi connectivity index (χ4v) is 2.81. The minimum absolute atomic E-state index is 0.0200. The van der Waals surface area contributed by atoms with E-state index in [1.54, 1.807) is 25.1 Å². The standard InChI is InChI=1S/C18H16FNO4/c1-11-7-8-14-13(16(11)19)9-15(17(21)22)20(14)18(23)24-10-12-5-3-2-4-6-12/h2-8,15H,9-10H2,1H3,(H,21,22). The van der Waals surface area contributed by atoms with Crippen molar-refractivity contribution in [3.63, 3.8) is 0 Å². The van der Waals surface area contributed by atoms with E-state index < -0.39 is 23.9 Å². The lowest BCUT2D eigenvalue weighted by molar-refractivity contribution is -0.138. The molecule has 1 amide bonds. The van der Waals surface area contributed by atoms with Crippen LogP contribution >= 0.6 is 0 Å². The van der Waals surface area contributed by atoms with Crippen molar-refractivity contribution in [1.29, 1.82) is 0 Å². The van der Waals surface area contributed by atoms with Crippen LogP contribution in [-0.4, -0.2) is 23.2 Å². The number of fused-ring (bicyclic) bond motifs is 1. The molecule has 0 radical (unpaired) electrons. The second kappa shape index (κ2) is 6.31. The molecule has 0 bridgehead atoms. The van der Waals surface area contributed by atoms with Crippen molar-refractivity contribution in [2.24, 2.45) is 0 Å². The molecule has 5 nitrogen and oxygen atoms in total. The first-order chi connectivity index (χ1) is 11.5. The molecule has 2 aromatic carbocycles. The van der Waals surface area contributed by atoms with Gasteiger partial charge in [-0.25, -0.2) is 14.0 Å². The number of aliphatic carboxylic acids is 1. The minimum Gasteiger partial charge on any atom is -0.480 e. The summed E-state index contributed by atoms with van der Waals surface area (Å²) in [5.74, 6) is -1.67. The molecule has 1 aliphatic rings. The molecule has 1 unspecified atom stereocenters. The van der Waals surface area contributed by atoms with Crippen LogP contribution in [0.5, 0.6) is 0 Å². The van der Waals surface area contributed by atoms with Crippen molar-refractivity contribution in [1.82, 2.24) is 0 Å². The monoisotopic (exact) mass is 329 g/mol. The quantitative estimate of drug-likeness (QED) is 0.938. The second-order valence-electron chi connectivity index (χ2n) is 5.66. The predicted molar refractivity (Wildman–Crippen MR) is 85.4 cm³/mol. The van der Waals surface area contributed by atoms with Crippen LogP contribution in [0.1, 0.15) is 16.7 Å². The molecule has 3 rings (SSSR count). The third kappa shape index (κ3) is 2.82. The summed E-state index contributed by atoms with van der Waals surface area (Å²) in [5.41, 5.74) is 1.69. The van der Waals surface area contributed by atoms with E-state index in [9.17, 15) is 19.1 Å². The average molecular weight is 329 g/mol. The van der Waals surface area contributed by atoms with Crippen molar-refractivity contribution >= 4 is 17.7 Å². The molecule has 24 heavy (non-hydrogen) atoms. The molecule has 1 N–H and O–H groups in total. The number of benzene rings is 2. The van der Waals surface area contributed by atoms with Gasteiger partial charge in [-0.3, -0.25) is 4.90 Å². The van der Waals surface area contributed by atoms with Gasteiger partial charge in [-0.05, 0) is 24.1 Å². The Hall–Kier alpha value is -2.89. The van der Waals surface area contributed by atoms with E-state index in [-0.39, 0.29) is 24.3 Å². The molecule has 0 saturated carbocycles. The van der Waals surface area contributed by atoms with Crippen LogP contribution in [0.25, 0.3) is 0 Å². The molecule has 124 valence electrons. The zero-order valence-electron chi connectivity index (χ0n) is 13.0. The van der Waals surface area contributed by atoms with Crippen LogP contribution in [0.3, 0.4) is 0 Å². The van der Waals surface area contributed by atoms with E-state index in [0.29, 0.717) is 5.56 Å². The first-order valence-electron chi connectivity index (χ1n) is 7.49. The van der Waals surface area contributed by atoms with Gasteiger partial charge in [0.1, 0.15) is 18.5 Å². The van der Waals surface area contributed by atoms with Crippen LogP contribution < -0.4 is 4.90 Å². The summed E-state index contributed by atoms with van der Waals surface area (Å²) < 4.78 is 19.5. The molecule has 0 fully saturated rings. The summed E-state index contributed by atoms with van der Waals surface area (Å²) in [5, 5.41) is 9.38. The summed E-state index contributed by atoms with van der Waals surface area (Å²) >= 11 is 0. The Bertz CT molecular complexity index is 791. The van der Waals surface area contributed by atoms with Crippen molar-refractivity contribution < 1.29 is 23.8 Å². The fraction of sp³-hybridized carbons (Fsp3) is 0.222. The average Bonchev–Trinajstić information content (AvgIpc) is 2.97. The number of aryl methyl sites for hydroxylation is 1. The maximum absolute atomic E-state index is 14.3. The zero-order chi connectivity index (χ0) is 17.3. The number of halogens is 1. The van der Waals surface area contributed by atoms with Gasteiger partial charge in [0.05, 0.1) is 5.69 Å². The van der Waals surface area contributed by atoms with E-state index in [1.165, 1.54) is 6.07 Å². The Morgan fingerprint density at radius 1 is 1.25 bits per heavy atom. The van der Waals surface area contributed by atoms with Gasteiger partial charge in [-0.1, -0.05) is 36.4 Å². The highest BCUT2D eigenvalue weighted by Crippen LogP contribution is 2.36. The van der Waals surface area contributed by atoms with Crippen LogP contribution in [-0.2, 0) is 22.6 Å². The second-order valence-corrected chi connectivity index (χ2v) is 5.66. The Balaban J connectivity index is 1.86. The van der Waals surface area contributed by atoms with Crippen LogP contribution in [0.15, 0.2) is 42.5 Å². The molecular weight excluding hydrogens is 313 g/mol. The van der Waals surface area contributed by atoms with Crippen LogP contribution in [0.4, 0.5) is 14.9 Å². The molecule has 6 heteroatoms. The van der Waals surface area contributed by atoms with Crippen LogP contribution in [0.2, 0.25) is 0 Å². The number of hydrogen-bond acceptors (Lipinski definition) is 3. The molecule has 2 aromatic rings. The molecule has 0 spiro atoms. The number of anilines is 1. The van der Waals surface area contributed by atoms with Crippen molar-refractivity contribution in [3.05, 3.63) is 65.0 Å². The number of amides is 1. The molecule has 0 saturated heterocycles. The number of nitrogens with zero attached hydrogens (tertiary/aromatic N) is 1. The highest BCUT2D eigenvalue weighted by Gasteiger charge is 2.41. The van der Waals surface area contributed by atoms with Gasteiger partial charge in [-0.15, -0.1) is 0 Å². The van der Waals surface area contributed by atoms with E-state index in [0.717, 1.165) is 10.5 Å². The normalized spacial score (nSPS) is 15.9. The van der Waals surface area contributed by atoms with Gasteiger partial charge >= 0.3 is 12.1 Å². The lowest BCUT2D eigenvalue weighted by atomic mass is 10.1. The number of hydrogen-bond donors (Lipinski definition) is 1. The highest BCUT2D eigenvalue weighted by molar-refractivity contribution is 5.98. The lowest BCUT2D eigenvalue weighted by Gasteiger charge is -2.22. The largest absolute Gasteiger partial charge is 0.480 e. The van der Waals surface area contributed by atoms with E-state index in [2.05, 4.69) is 0 Å². The third-order valence-corrected chi connectivity index (χ3v) is 4.07. The maximum atomic E-state index is 14.3. The third-order valence-electron chi connectivity index (χ3n) is 4.07. The van der Waals surface area contributed by atoms with Crippen molar-refractivity contribution in [3.8, 4) is 0 Å². The topological polar surface area (TPSA) is 66.8 Å². The van der Waals surface area contributed by atoms with Gasteiger partial charge in [0.15, 0.2) is 0 Å². The first-order valence-corrected chi connectivity index (χ1v) is 7.49. The van der Waals surface area contributed by atoms with Crippen molar-refractivity contribution in [2.75, 3.05) is 4.90 Å². The molecular formula is C18H16FNO4. The first kappa shape index (κ1) is 16.0. The summed E-state index contributed by atoms with van der Waals surface area (Å²) in [6.45, 7) is 1.62. The maximum Gasteiger partial charge on any atom is 0.415 e. The zero-order valence-corrected chi connectivity index (χ0v) is 13.0. The number of carboxylic acid groups (broad SMARTS) is 1. The Morgan fingerprint density at radius 3 is 2.62 bits per heavy atom. The fourth-order valence-electron chi connectivity index (χ4n) is 2.81. The highest BCUT2D eigenvalue weighted by atomic mass is 19.1. The van der Waals surface area contributed by atoms with Crippen LogP contribution in [0, 0.1) is 12.7 Å². The van der Waals surface area contributed by atoms with E-state index >= 15 is 0 Å². The van der Waals surface area contributed by atoms with Gasteiger partial charge in [0.25, 0.3) is 0 Å². The van der Waals surface area contributed by atoms with E-state index in [1.807, 2.05) is 18.2 Å². The summed E-state index contributed by atoms with van der Waals surface area (Å²) in [6.07, 6.45) is -0.869. The minimum atomic E-state index is -1.19. The lowest BCUT2D eigenvalue weighted by Crippen LogP contribution is -2.43. The number of ether oxygens (including phenoxy) is 1. The Morgan fingerprint density at radius 2 is 1.96 bits per heavy atom. The smallest absolute Gasteiger partial charge is 0.415 e. The summed E-state index contributed by atoms with van der Waals surface area (Å²) in [4.78, 5) is 24.9. The SMILES string of the molecule is Cc1ccc2c(c1F)CC(C(=O)O)N2C(=O)OCc1ccccc1. The number of carboxylic acids is 1. The molecule has 1 heterocycles. The van der Waals surface area contributed by atoms with Gasteiger partial charge in [0.2, 0.25) is 0 Å². The van der Waals surface area contributed by atoms with Gasteiger partial charge in [0, 0.05) is 12.0 Å². The van der Waals surface area contributed by atoms with Gasteiger partial charge < -0.3 is 9.84 Å². The summed E-state index contributed by atoms with van der Waals surface area (Å²) in [7, 11) is 0. The van der Waals surface area contributed by atoms with E-state index in [4.69, 9.17) is 4.74 Å². The number of rotatable bonds is 3. The molecule has 0 aromatic heterocycles.